The number of aromatic amines is 2. The summed E-state index contributed by atoms with van der Waals surface area (Å²) in [6.45, 7) is 7.46. The molecule has 0 aliphatic carbocycles. The predicted octanol–water partition coefficient (Wildman–Crippen LogP) is -0.490. The van der Waals surface area contributed by atoms with Gasteiger partial charge in [-0.2, -0.15) is 9.98 Å². The topological polar surface area (TPSA) is 161 Å². The zero-order valence-electron chi connectivity index (χ0n) is 22.5. The Kier molecular flexibility index (Phi) is 7.38. The molecule has 2 aliphatic rings. The van der Waals surface area contributed by atoms with Crippen molar-refractivity contribution in [3.8, 4) is 11.5 Å². The fraction of sp³-hybridized carbons (Fsp3) is 0.0667. The number of fused-ring (bicyclic) bond motifs is 2. The molecule has 42 heavy (non-hydrogen) atoms. The molecule has 12 heteroatoms. The number of nitrogens with one attached hydrogen (secondary N) is 4. The molecule has 0 atom stereocenters. The summed E-state index contributed by atoms with van der Waals surface area (Å²) in [6, 6.07) is 10.1. The molecule has 0 radical (unpaired) electrons. The third-order valence-corrected chi connectivity index (χ3v) is 6.65. The van der Waals surface area contributed by atoms with Crippen molar-refractivity contribution in [2.24, 2.45) is 5.11 Å². The Morgan fingerprint density at radius 2 is 1.33 bits per heavy atom. The van der Waals surface area contributed by atoms with Crippen LogP contribution < -0.4 is 40.6 Å². The monoisotopic (exact) mass is 565 g/mol. The first kappa shape index (κ1) is 27.6. The molecule has 0 fully saturated rings. The SMILES string of the molecule is C=c1ccc2c(c1F)/C(=C/c1[nH]ccc1OC)C(=O)[NH+]=2.C=c1ccc2c(c1N=[N+]=[N-])/C(=C/c1[nH]ccc1OC)C(=O)[NH+]=2. The second-order valence-electron chi connectivity index (χ2n) is 9.09. The lowest BCUT2D eigenvalue weighted by atomic mass is 10.0. The maximum Gasteiger partial charge on any atom is 0.419 e. The van der Waals surface area contributed by atoms with Gasteiger partial charge in [0.1, 0.15) is 34.0 Å². The molecule has 0 bridgehead atoms. The van der Waals surface area contributed by atoms with Crippen LogP contribution in [0.3, 0.4) is 0 Å². The Bertz CT molecular complexity index is 2120. The van der Waals surface area contributed by atoms with E-state index in [0.717, 1.165) is 0 Å². The van der Waals surface area contributed by atoms with Gasteiger partial charge in [-0.15, -0.1) is 0 Å². The second-order valence-corrected chi connectivity index (χ2v) is 9.09. The highest BCUT2D eigenvalue weighted by molar-refractivity contribution is 6.22. The van der Waals surface area contributed by atoms with Gasteiger partial charge in [-0.25, -0.2) is 14.0 Å². The minimum absolute atomic E-state index is 0.249. The number of carbonyl (C=O) groups is 2. The molecule has 0 saturated heterocycles. The van der Waals surface area contributed by atoms with E-state index in [4.69, 9.17) is 15.0 Å². The van der Waals surface area contributed by atoms with Crippen molar-refractivity contribution in [3.05, 3.63) is 109 Å². The fourth-order valence-electron chi connectivity index (χ4n) is 4.64. The highest BCUT2D eigenvalue weighted by atomic mass is 19.1. The van der Waals surface area contributed by atoms with Crippen molar-refractivity contribution in [3.63, 3.8) is 0 Å². The maximum atomic E-state index is 14.2. The standard InChI is InChI=1S/C15H11FN2O2.C15H11N5O2/c1-8-3-4-10-13(14(8)16)9(15(19)18-10)7-11-12(20-2)5-6-17-11;1-8-3-4-10-13(14(8)19-20-16)9(15(21)18-10)7-11-12(22-2)5-6-17-11/h3-7,17H,1H2,2H3;3-7,17H,1H2,2H3/p+2/b2*9-7-. The van der Waals surface area contributed by atoms with Gasteiger partial charge in [0.05, 0.1) is 36.9 Å². The number of halogens is 1. The number of H-pyrrole nitrogens is 2. The van der Waals surface area contributed by atoms with Gasteiger partial charge in [0.25, 0.3) is 0 Å². The number of carbonyl (C=O) groups excluding carboxylic acids is 2. The van der Waals surface area contributed by atoms with Crippen LogP contribution in [0.4, 0.5) is 10.1 Å². The lowest BCUT2D eigenvalue weighted by Gasteiger charge is -2.01. The van der Waals surface area contributed by atoms with Crippen LogP contribution in [0.2, 0.25) is 0 Å². The number of azide groups is 1. The molecule has 2 aromatic heterocycles. The molecule has 0 unspecified atom stereocenters. The zero-order chi connectivity index (χ0) is 30.0. The van der Waals surface area contributed by atoms with E-state index in [2.05, 4.69) is 43.1 Å². The molecule has 4 aromatic rings. The third kappa shape index (κ3) is 4.89. The smallest absolute Gasteiger partial charge is 0.419 e. The van der Waals surface area contributed by atoms with Crippen LogP contribution in [-0.2, 0) is 9.59 Å². The van der Waals surface area contributed by atoms with E-state index in [1.165, 1.54) is 13.2 Å². The third-order valence-electron chi connectivity index (χ3n) is 6.65. The molecule has 0 spiro atoms. The van der Waals surface area contributed by atoms with Crippen molar-refractivity contribution in [1.29, 1.82) is 0 Å². The number of hydrogen-bond acceptors (Lipinski definition) is 5. The number of benzene rings is 2. The molecule has 11 nitrogen and oxygen atoms in total. The first-order valence-electron chi connectivity index (χ1n) is 12.5. The summed E-state index contributed by atoms with van der Waals surface area (Å²) in [4.78, 5) is 38.4. The van der Waals surface area contributed by atoms with E-state index in [0.29, 0.717) is 55.6 Å². The van der Waals surface area contributed by atoms with Gasteiger partial charge in [0.2, 0.25) is 10.7 Å². The van der Waals surface area contributed by atoms with Crippen molar-refractivity contribution >= 4 is 54.0 Å². The lowest BCUT2D eigenvalue weighted by Crippen LogP contribution is -2.77. The Labute approximate surface area is 237 Å². The first-order chi connectivity index (χ1) is 20.3. The highest BCUT2D eigenvalue weighted by Crippen LogP contribution is 2.26. The van der Waals surface area contributed by atoms with E-state index in [1.54, 1.807) is 62.0 Å². The highest BCUT2D eigenvalue weighted by Gasteiger charge is 2.31. The van der Waals surface area contributed by atoms with Crippen LogP contribution in [0, 0.1) is 5.82 Å². The van der Waals surface area contributed by atoms with Gasteiger partial charge in [-0.1, -0.05) is 18.3 Å². The van der Waals surface area contributed by atoms with E-state index in [9.17, 15) is 14.0 Å². The van der Waals surface area contributed by atoms with E-state index in [-0.39, 0.29) is 28.2 Å². The van der Waals surface area contributed by atoms with Crippen LogP contribution in [0.5, 0.6) is 11.5 Å². The molecule has 2 aromatic carbocycles. The van der Waals surface area contributed by atoms with Gasteiger partial charge in [0.15, 0.2) is 0 Å². The minimum Gasteiger partial charge on any atom is -0.495 e. The molecule has 208 valence electrons. The van der Waals surface area contributed by atoms with Crippen molar-refractivity contribution in [1.82, 2.24) is 9.97 Å². The Hall–Kier alpha value is -6.00. The number of nitrogens with zero attached hydrogens (tertiary/aromatic N) is 3. The average molecular weight is 566 g/mol. The fourth-order valence-corrected chi connectivity index (χ4v) is 4.64. The normalized spacial score (nSPS) is 14.8. The number of amides is 2. The van der Waals surface area contributed by atoms with Gasteiger partial charge in [-0.05, 0) is 47.2 Å². The summed E-state index contributed by atoms with van der Waals surface area (Å²) >= 11 is 0. The number of aromatic nitrogens is 2. The molecular weight excluding hydrogens is 541 g/mol. The van der Waals surface area contributed by atoms with E-state index >= 15 is 0 Å². The van der Waals surface area contributed by atoms with Gasteiger partial charge >= 0.3 is 11.8 Å². The van der Waals surface area contributed by atoms with Crippen molar-refractivity contribution < 1.29 is 33.4 Å². The van der Waals surface area contributed by atoms with Crippen LogP contribution in [0.15, 0.2) is 53.9 Å². The summed E-state index contributed by atoms with van der Waals surface area (Å²) in [7, 11) is 3.08. The second kappa shape index (κ2) is 11.2. The Balaban J connectivity index is 0.000000169. The largest absolute Gasteiger partial charge is 0.495 e. The summed E-state index contributed by atoms with van der Waals surface area (Å²) in [6.07, 6.45) is 6.64. The maximum absolute atomic E-state index is 14.2. The summed E-state index contributed by atoms with van der Waals surface area (Å²) in [5, 5.41) is 5.53. The molecule has 2 aliphatic heterocycles. The van der Waals surface area contributed by atoms with Crippen molar-refractivity contribution in [2.75, 3.05) is 14.2 Å². The van der Waals surface area contributed by atoms with Crippen LogP contribution in [0.1, 0.15) is 22.5 Å². The number of hydrogen-bond donors (Lipinski definition) is 4. The molecule has 6 rings (SSSR count). The summed E-state index contributed by atoms with van der Waals surface area (Å²) in [5.74, 6) is 0.0974. The predicted molar refractivity (Wildman–Crippen MR) is 152 cm³/mol. The van der Waals surface area contributed by atoms with Gasteiger partial charge < -0.3 is 19.4 Å². The van der Waals surface area contributed by atoms with Crippen LogP contribution in [-0.4, -0.2) is 36.0 Å². The quantitative estimate of drug-likeness (QED) is 0.111. The molecular formula is C30H24FN7O4+2. The number of rotatable bonds is 5. The van der Waals surface area contributed by atoms with Crippen LogP contribution in [0.25, 0.3) is 46.9 Å². The van der Waals surface area contributed by atoms with E-state index < -0.39 is 5.82 Å². The van der Waals surface area contributed by atoms with Gasteiger partial charge in [-0.3, -0.25) is 0 Å². The molecule has 2 amide bonds. The first-order valence-corrected chi connectivity index (χ1v) is 12.5. The number of ether oxygens (including phenoxy) is 2. The molecule has 4 heterocycles. The summed E-state index contributed by atoms with van der Waals surface area (Å²) < 4.78 is 24.6. The number of methoxy groups -OCH3 is 2. The van der Waals surface area contributed by atoms with Crippen molar-refractivity contribution in [2.45, 2.75) is 0 Å². The average Bonchev–Trinajstić information content (AvgIpc) is 3.76. The Morgan fingerprint density at radius 1 is 0.833 bits per heavy atom. The minimum atomic E-state index is -0.488. The lowest BCUT2D eigenvalue weighted by molar-refractivity contribution is -0.406. The van der Waals surface area contributed by atoms with Gasteiger partial charge in [0, 0.05) is 34.7 Å². The van der Waals surface area contributed by atoms with Crippen LogP contribution >= 0.6 is 0 Å². The molecule has 4 N–H and O–H groups in total. The zero-order valence-corrected chi connectivity index (χ0v) is 22.5. The summed E-state index contributed by atoms with van der Waals surface area (Å²) in [5.41, 5.74) is 11.8. The molecule has 0 saturated carbocycles. The Morgan fingerprint density at radius 3 is 1.86 bits per heavy atom. The van der Waals surface area contributed by atoms with E-state index in [1.807, 2.05) is 0 Å².